The van der Waals surface area contributed by atoms with Crippen LogP contribution in [-0.4, -0.2) is 33.3 Å². The molecule has 0 aliphatic carbocycles. The first-order chi connectivity index (χ1) is 9.40. The summed E-state index contributed by atoms with van der Waals surface area (Å²) in [6.45, 7) is 0.741. The Morgan fingerprint density at radius 2 is 1.85 bits per heavy atom. The van der Waals surface area contributed by atoms with Crippen LogP contribution in [0.15, 0.2) is 24.3 Å². The second-order valence-electron chi connectivity index (χ2n) is 4.02. The van der Waals surface area contributed by atoms with E-state index in [1.807, 2.05) is 0 Å². The highest BCUT2D eigenvalue weighted by molar-refractivity contribution is 5.77. The number of rotatable bonds is 6. The zero-order chi connectivity index (χ0) is 15.2. The largest absolute Gasteiger partial charge is 0.468 e. The van der Waals surface area contributed by atoms with Crippen LogP contribution >= 0.6 is 0 Å². The van der Waals surface area contributed by atoms with Crippen molar-refractivity contribution in [3.63, 3.8) is 0 Å². The molecule has 1 N–H and O–H groups in total. The number of methoxy groups -OCH3 is 2. The Morgan fingerprint density at radius 3 is 2.30 bits per heavy atom. The molecule has 0 aromatic heterocycles. The van der Waals surface area contributed by atoms with Gasteiger partial charge in [-0.15, -0.1) is 0 Å². The number of carbonyl (C=O) groups excluding carboxylic acids is 1. The zero-order valence-electron chi connectivity index (χ0n) is 11.2. The van der Waals surface area contributed by atoms with E-state index in [4.69, 9.17) is 4.74 Å². The Hall–Kier alpha value is -1.60. The predicted molar refractivity (Wildman–Crippen MR) is 66.1 cm³/mol. The standard InChI is InChI=1S/C13H16F3NO3/c1-19-8-7-17-11(12(18)20-2)9-3-5-10(6-4-9)13(14,15)16/h3-6,11,17H,7-8H2,1-2H3. The van der Waals surface area contributed by atoms with Gasteiger partial charge in [0.2, 0.25) is 0 Å². The summed E-state index contributed by atoms with van der Waals surface area (Å²) in [5.74, 6) is -0.569. The quantitative estimate of drug-likeness (QED) is 0.644. The summed E-state index contributed by atoms with van der Waals surface area (Å²) in [6, 6.07) is 3.55. The van der Waals surface area contributed by atoms with Gasteiger partial charge < -0.3 is 9.47 Å². The van der Waals surface area contributed by atoms with Crippen molar-refractivity contribution >= 4 is 5.97 Å². The van der Waals surface area contributed by atoms with E-state index in [1.165, 1.54) is 26.4 Å². The van der Waals surface area contributed by atoms with Crippen LogP contribution in [0.25, 0.3) is 0 Å². The lowest BCUT2D eigenvalue weighted by molar-refractivity contribution is -0.143. The minimum absolute atomic E-state index is 0.369. The minimum atomic E-state index is -4.40. The number of hydrogen-bond donors (Lipinski definition) is 1. The van der Waals surface area contributed by atoms with Crippen molar-refractivity contribution in [2.75, 3.05) is 27.4 Å². The lowest BCUT2D eigenvalue weighted by atomic mass is 10.0. The lowest BCUT2D eigenvalue weighted by Crippen LogP contribution is -2.32. The van der Waals surface area contributed by atoms with Gasteiger partial charge in [0, 0.05) is 13.7 Å². The van der Waals surface area contributed by atoms with Crippen LogP contribution in [0.5, 0.6) is 0 Å². The first kappa shape index (κ1) is 16.5. The van der Waals surface area contributed by atoms with Gasteiger partial charge in [0.15, 0.2) is 0 Å². The van der Waals surface area contributed by atoms with E-state index in [-0.39, 0.29) is 0 Å². The summed E-state index contributed by atoms with van der Waals surface area (Å²) in [5, 5.41) is 2.87. The Balaban J connectivity index is 2.88. The van der Waals surface area contributed by atoms with Crippen LogP contribution in [0.3, 0.4) is 0 Å². The van der Waals surface area contributed by atoms with E-state index in [1.54, 1.807) is 0 Å². The molecule has 0 saturated heterocycles. The smallest absolute Gasteiger partial charge is 0.416 e. The Labute approximate surface area is 114 Å². The van der Waals surface area contributed by atoms with Gasteiger partial charge in [-0.2, -0.15) is 13.2 Å². The fraction of sp³-hybridized carbons (Fsp3) is 0.462. The summed E-state index contributed by atoms with van der Waals surface area (Å²) >= 11 is 0. The number of hydrogen-bond acceptors (Lipinski definition) is 4. The van der Waals surface area contributed by atoms with Crippen LogP contribution in [0.2, 0.25) is 0 Å². The molecule has 0 aliphatic heterocycles. The highest BCUT2D eigenvalue weighted by Gasteiger charge is 2.30. The SMILES string of the molecule is COCCNC(C(=O)OC)c1ccc(C(F)(F)F)cc1. The normalized spacial score (nSPS) is 13.1. The third kappa shape index (κ3) is 4.50. The number of esters is 1. The first-order valence-corrected chi connectivity index (χ1v) is 5.87. The van der Waals surface area contributed by atoms with E-state index >= 15 is 0 Å². The van der Waals surface area contributed by atoms with Gasteiger partial charge in [-0.1, -0.05) is 12.1 Å². The van der Waals surface area contributed by atoms with Gasteiger partial charge in [-0.3, -0.25) is 5.32 Å². The molecule has 20 heavy (non-hydrogen) atoms. The average molecular weight is 291 g/mol. The maximum atomic E-state index is 12.5. The summed E-state index contributed by atoms with van der Waals surface area (Å²) in [5.41, 5.74) is -0.359. The summed E-state index contributed by atoms with van der Waals surface area (Å²) in [7, 11) is 2.73. The molecule has 0 fully saturated rings. The number of benzene rings is 1. The molecule has 0 saturated carbocycles. The highest BCUT2D eigenvalue weighted by Crippen LogP contribution is 2.30. The van der Waals surface area contributed by atoms with Gasteiger partial charge in [-0.05, 0) is 17.7 Å². The number of alkyl halides is 3. The van der Waals surface area contributed by atoms with E-state index in [2.05, 4.69) is 10.1 Å². The third-order valence-electron chi connectivity index (χ3n) is 2.66. The molecule has 1 rings (SSSR count). The minimum Gasteiger partial charge on any atom is -0.468 e. The fourth-order valence-corrected chi connectivity index (χ4v) is 1.62. The monoisotopic (exact) mass is 291 g/mol. The van der Waals surface area contributed by atoms with Gasteiger partial charge in [0.05, 0.1) is 19.3 Å². The lowest BCUT2D eigenvalue weighted by Gasteiger charge is -2.17. The summed E-state index contributed by atoms with van der Waals surface area (Å²) in [4.78, 5) is 11.6. The van der Waals surface area contributed by atoms with Crippen LogP contribution in [0.1, 0.15) is 17.2 Å². The van der Waals surface area contributed by atoms with Crippen molar-refractivity contribution in [1.82, 2.24) is 5.32 Å². The van der Waals surface area contributed by atoms with Gasteiger partial charge in [0.25, 0.3) is 0 Å². The molecule has 4 nitrogen and oxygen atoms in total. The second kappa shape index (κ2) is 7.25. The van der Waals surface area contributed by atoms with Crippen molar-refractivity contribution in [2.24, 2.45) is 0 Å². The molecule has 7 heteroatoms. The molecule has 0 spiro atoms. The Bertz CT molecular complexity index is 431. The molecule has 0 bridgehead atoms. The summed E-state index contributed by atoms with van der Waals surface area (Å²) in [6.07, 6.45) is -4.40. The molecule has 0 radical (unpaired) electrons. The first-order valence-electron chi connectivity index (χ1n) is 5.87. The number of carbonyl (C=O) groups is 1. The van der Waals surface area contributed by atoms with Crippen molar-refractivity contribution in [2.45, 2.75) is 12.2 Å². The van der Waals surface area contributed by atoms with E-state index in [0.717, 1.165) is 12.1 Å². The fourth-order valence-electron chi connectivity index (χ4n) is 1.62. The van der Waals surface area contributed by atoms with Crippen molar-refractivity contribution in [3.8, 4) is 0 Å². The van der Waals surface area contributed by atoms with Crippen molar-refractivity contribution < 1.29 is 27.4 Å². The molecule has 1 unspecified atom stereocenters. The third-order valence-corrected chi connectivity index (χ3v) is 2.66. The maximum Gasteiger partial charge on any atom is 0.416 e. The molecular formula is C13H16F3NO3. The highest BCUT2D eigenvalue weighted by atomic mass is 19.4. The Morgan fingerprint density at radius 1 is 1.25 bits per heavy atom. The van der Waals surface area contributed by atoms with Gasteiger partial charge >= 0.3 is 12.1 Å². The molecule has 1 atom stereocenters. The van der Waals surface area contributed by atoms with E-state index < -0.39 is 23.8 Å². The molecule has 1 aromatic carbocycles. The predicted octanol–water partition coefficient (Wildman–Crippen LogP) is 2.16. The topological polar surface area (TPSA) is 47.6 Å². The van der Waals surface area contributed by atoms with Crippen molar-refractivity contribution in [3.05, 3.63) is 35.4 Å². The van der Waals surface area contributed by atoms with Crippen LogP contribution in [0, 0.1) is 0 Å². The Kier molecular flexibility index (Phi) is 5.97. The molecule has 112 valence electrons. The molecule has 0 amide bonds. The van der Waals surface area contributed by atoms with Gasteiger partial charge in [0.1, 0.15) is 6.04 Å². The maximum absolute atomic E-state index is 12.5. The summed E-state index contributed by atoms with van der Waals surface area (Å²) < 4.78 is 46.9. The van der Waals surface area contributed by atoms with Crippen molar-refractivity contribution in [1.29, 1.82) is 0 Å². The molecular weight excluding hydrogens is 275 g/mol. The van der Waals surface area contributed by atoms with Crippen LogP contribution in [0.4, 0.5) is 13.2 Å². The van der Waals surface area contributed by atoms with Crippen LogP contribution in [-0.2, 0) is 20.4 Å². The molecule has 1 aromatic rings. The van der Waals surface area contributed by atoms with Gasteiger partial charge in [-0.25, -0.2) is 4.79 Å². The zero-order valence-corrected chi connectivity index (χ0v) is 11.2. The number of nitrogens with one attached hydrogen (secondary N) is 1. The molecule has 0 heterocycles. The van der Waals surface area contributed by atoms with E-state index in [0.29, 0.717) is 18.7 Å². The second-order valence-corrected chi connectivity index (χ2v) is 4.02. The van der Waals surface area contributed by atoms with Crippen LogP contribution < -0.4 is 5.32 Å². The van der Waals surface area contributed by atoms with E-state index in [9.17, 15) is 18.0 Å². The number of halogens is 3. The molecule has 0 aliphatic rings. The average Bonchev–Trinajstić information content (AvgIpc) is 2.42. The number of ether oxygens (including phenoxy) is 2.